The maximum atomic E-state index is 10.9. The van der Waals surface area contributed by atoms with E-state index in [2.05, 4.69) is 0 Å². The van der Waals surface area contributed by atoms with Crippen LogP contribution in [0.15, 0.2) is 16.3 Å². The third-order valence-electron chi connectivity index (χ3n) is 1.73. The second kappa shape index (κ2) is 3.95. The average molecular weight is 236 g/mol. The van der Waals surface area contributed by atoms with Crippen molar-refractivity contribution in [1.82, 2.24) is 0 Å². The highest BCUT2D eigenvalue weighted by Crippen LogP contribution is 2.26. The van der Waals surface area contributed by atoms with Gasteiger partial charge in [0.05, 0.1) is 12.1 Å². The van der Waals surface area contributed by atoms with Crippen molar-refractivity contribution in [2.24, 2.45) is 10.9 Å². The van der Waals surface area contributed by atoms with Crippen molar-refractivity contribution in [3.05, 3.63) is 17.0 Å². The summed E-state index contributed by atoms with van der Waals surface area (Å²) >= 11 is 0.978. The van der Waals surface area contributed by atoms with Crippen molar-refractivity contribution in [3.8, 4) is 0 Å². The molecule has 0 aliphatic rings. The first-order valence-corrected chi connectivity index (χ1v) is 6.25. The van der Waals surface area contributed by atoms with Crippen LogP contribution in [-0.2, 0) is 10.0 Å². The molecular weight excluding hydrogens is 224 g/mol. The first-order chi connectivity index (χ1) is 6.32. The molecule has 0 saturated carbocycles. The Hall–Kier alpha value is -0.470. The van der Waals surface area contributed by atoms with Crippen LogP contribution in [-0.4, -0.2) is 19.6 Å². The molecule has 0 amide bonds. The maximum Gasteiger partial charge on any atom is 0.247 e. The fourth-order valence-corrected chi connectivity index (χ4v) is 2.75. The van der Waals surface area contributed by atoms with Crippen molar-refractivity contribution >= 4 is 21.4 Å². The van der Waals surface area contributed by atoms with Crippen LogP contribution in [0.4, 0.5) is 0 Å². The fourth-order valence-electron chi connectivity index (χ4n) is 0.904. The Balaban J connectivity index is 3.00. The largest absolute Gasteiger partial charge is 0.391 e. The molecule has 2 atom stereocenters. The topological polar surface area (TPSA) is 106 Å². The van der Waals surface area contributed by atoms with E-state index < -0.39 is 22.2 Å². The van der Waals surface area contributed by atoms with Gasteiger partial charge in [0.25, 0.3) is 0 Å². The second-order valence-electron chi connectivity index (χ2n) is 2.97. The van der Waals surface area contributed by atoms with Gasteiger partial charge >= 0.3 is 0 Å². The van der Waals surface area contributed by atoms with E-state index in [0.29, 0.717) is 4.88 Å². The monoisotopic (exact) mass is 236 g/mol. The van der Waals surface area contributed by atoms with E-state index in [1.807, 2.05) is 0 Å². The van der Waals surface area contributed by atoms with Gasteiger partial charge in [-0.25, -0.2) is 13.6 Å². The Morgan fingerprint density at radius 2 is 2.07 bits per heavy atom. The van der Waals surface area contributed by atoms with Gasteiger partial charge in [0.15, 0.2) is 0 Å². The minimum Gasteiger partial charge on any atom is -0.391 e. The highest BCUT2D eigenvalue weighted by molar-refractivity contribution is 7.91. The molecule has 0 fully saturated rings. The van der Waals surface area contributed by atoms with E-state index in [-0.39, 0.29) is 4.21 Å². The Labute approximate surface area is 86.4 Å². The third kappa shape index (κ3) is 2.52. The first-order valence-electron chi connectivity index (χ1n) is 3.88. The lowest BCUT2D eigenvalue weighted by Gasteiger charge is -2.11. The van der Waals surface area contributed by atoms with Crippen LogP contribution < -0.4 is 10.9 Å². The molecule has 80 valence electrons. The zero-order chi connectivity index (χ0) is 10.9. The number of nitrogens with two attached hydrogens (primary N) is 2. The van der Waals surface area contributed by atoms with E-state index in [0.717, 1.165) is 11.3 Å². The predicted molar refractivity (Wildman–Crippen MR) is 54.3 cm³/mol. The van der Waals surface area contributed by atoms with E-state index >= 15 is 0 Å². The molecule has 0 aliphatic heterocycles. The van der Waals surface area contributed by atoms with E-state index in [9.17, 15) is 13.5 Å². The van der Waals surface area contributed by atoms with E-state index in [1.165, 1.54) is 6.07 Å². The molecule has 0 aromatic carbocycles. The molecule has 1 aromatic rings. The van der Waals surface area contributed by atoms with Crippen molar-refractivity contribution in [3.63, 3.8) is 0 Å². The summed E-state index contributed by atoms with van der Waals surface area (Å²) in [5, 5.41) is 14.1. The van der Waals surface area contributed by atoms with Crippen molar-refractivity contribution in [2.45, 2.75) is 23.3 Å². The Bertz CT molecular complexity index is 410. The number of hydrogen-bond donors (Lipinski definition) is 3. The number of sulfonamides is 1. The number of thiophene rings is 1. The quantitative estimate of drug-likeness (QED) is 0.674. The van der Waals surface area contributed by atoms with Crippen molar-refractivity contribution in [1.29, 1.82) is 0 Å². The summed E-state index contributed by atoms with van der Waals surface area (Å²) in [4.78, 5) is 0.601. The highest BCUT2D eigenvalue weighted by atomic mass is 32.2. The molecule has 5 nitrogen and oxygen atoms in total. The predicted octanol–water partition coefficient (Wildman–Crippen LogP) is -0.224. The summed E-state index contributed by atoms with van der Waals surface area (Å²) in [6.07, 6.45) is -0.720. The van der Waals surface area contributed by atoms with Gasteiger partial charge < -0.3 is 10.8 Å². The second-order valence-corrected chi connectivity index (χ2v) is 5.87. The number of primary sulfonamides is 1. The molecule has 1 heterocycles. The molecular formula is C7H12N2O3S2. The zero-order valence-corrected chi connectivity index (χ0v) is 9.18. The van der Waals surface area contributed by atoms with Crippen LogP contribution in [0.1, 0.15) is 17.8 Å². The average Bonchev–Trinajstić information content (AvgIpc) is 2.49. The number of aliphatic hydroxyl groups excluding tert-OH is 1. The van der Waals surface area contributed by atoms with Crippen LogP contribution in [0.25, 0.3) is 0 Å². The summed E-state index contributed by atoms with van der Waals surface area (Å²) < 4.78 is 21.9. The summed E-state index contributed by atoms with van der Waals surface area (Å²) in [6.45, 7) is 1.54. The normalized spacial score (nSPS) is 16.6. The highest BCUT2D eigenvalue weighted by Gasteiger charge is 2.17. The van der Waals surface area contributed by atoms with E-state index in [4.69, 9.17) is 10.9 Å². The van der Waals surface area contributed by atoms with Gasteiger partial charge in [0, 0.05) is 4.88 Å². The Morgan fingerprint density at radius 3 is 2.43 bits per heavy atom. The summed E-state index contributed by atoms with van der Waals surface area (Å²) in [7, 11) is -3.66. The molecule has 0 spiro atoms. The van der Waals surface area contributed by atoms with Crippen LogP contribution in [0.2, 0.25) is 0 Å². The SMILES string of the molecule is C[C@@H](O)[C@H](N)c1ccc(S(N)(=O)=O)s1. The molecule has 5 N–H and O–H groups in total. The van der Waals surface area contributed by atoms with Gasteiger partial charge in [-0.15, -0.1) is 11.3 Å². The zero-order valence-electron chi connectivity index (χ0n) is 7.54. The minimum atomic E-state index is -3.66. The molecule has 0 bridgehead atoms. The molecule has 0 unspecified atom stereocenters. The van der Waals surface area contributed by atoms with Gasteiger partial charge in [-0.3, -0.25) is 0 Å². The van der Waals surface area contributed by atoms with Gasteiger partial charge in [0.1, 0.15) is 4.21 Å². The van der Waals surface area contributed by atoms with Crippen LogP contribution >= 0.6 is 11.3 Å². The Kier molecular flexibility index (Phi) is 3.28. The standard InChI is InChI=1S/C7H12N2O3S2/c1-4(10)7(8)5-2-3-6(13-5)14(9,11)12/h2-4,7,10H,8H2,1H3,(H2,9,11,12)/t4-,7+/m1/s1. The summed E-state index contributed by atoms with van der Waals surface area (Å²) in [5.41, 5.74) is 5.62. The lowest BCUT2D eigenvalue weighted by Crippen LogP contribution is -2.21. The lowest BCUT2D eigenvalue weighted by molar-refractivity contribution is 0.165. The molecule has 1 aromatic heterocycles. The number of aliphatic hydroxyl groups is 1. The molecule has 0 saturated heterocycles. The molecule has 0 aliphatic carbocycles. The van der Waals surface area contributed by atoms with Crippen LogP contribution in [0.3, 0.4) is 0 Å². The Morgan fingerprint density at radius 1 is 1.50 bits per heavy atom. The van der Waals surface area contributed by atoms with Gasteiger partial charge in [-0.05, 0) is 19.1 Å². The van der Waals surface area contributed by atoms with Crippen molar-refractivity contribution < 1.29 is 13.5 Å². The molecule has 1 rings (SSSR count). The van der Waals surface area contributed by atoms with Gasteiger partial charge in [-0.1, -0.05) is 0 Å². The molecule has 7 heteroatoms. The molecule has 14 heavy (non-hydrogen) atoms. The number of hydrogen-bond acceptors (Lipinski definition) is 5. The smallest absolute Gasteiger partial charge is 0.247 e. The lowest BCUT2D eigenvalue weighted by atomic mass is 10.2. The van der Waals surface area contributed by atoms with E-state index in [1.54, 1.807) is 13.0 Å². The van der Waals surface area contributed by atoms with Gasteiger partial charge in [-0.2, -0.15) is 0 Å². The summed E-state index contributed by atoms with van der Waals surface area (Å²) in [5.74, 6) is 0. The summed E-state index contributed by atoms with van der Waals surface area (Å²) in [6, 6.07) is 2.37. The fraction of sp³-hybridized carbons (Fsp3) is 0.429. The molecule has 0 radical (unpaired) electrons. The number of rotatable bonds is 3. The third-order valence-corrected chi connectivity index (χ3v) is 4.36. The van der Waals surface area contributed by atoms with Crippen molar-refractivity contribution in [2.75, 3.05) is 0 Å². The minimum absolute atomic E-state index is 0.0589. The maximum absolute atomic E-state index is 10.9. The first kappa shape index (κ1) is 11.6. The van der Waals surface area contributed by atoms with Crippen LogP contribution in [0, 0.1) is 0 Å². The van der Waals surface area contributed by atoms with Crippen LogP contribution in [0.5, 0.6) is 0 Å². The van der Waals surface area contributed by atoms with Gasteiger partial charge in [0.2, 0.25) is 10.0 Å².